The first-order valence-electron chi connectivity index (χ1n) is 9.40. The third-order valence-electron chi connectivity index (χ3n) is 4.95. The topological polar surface area (TPSA) is 81.8 Å². The molecule has 29 heavy (non-hydrogen) atoms. The van der Waals surface area contributed by atoms with Gasteiger partial charge in [-0.3, -0.25) is 15.0 Å². The smallest absolute Gasteiger partial charge is 0.273 e. The zero-order valence-corrected chi connectivity index (χ0v) is 16.3. The van der Waals surface area contributed by atoms with Gasteiger partial charge in [-0.15, -0.1) is 0 Å². The van der Waals surface area contributed by atoms with Gasteiger partial charge in [0.25, 0.3) is 5.56 Å². The minimum Gasteiger partial charge on any atom is -0.273 e. The molecule has 0 aliphatic carbocycles. The molecule has 0 bridgehead atoms. The lowest BCUT2D eigenvalue weighted by Crippen LogP contribution is -2.33. The molecular formula is C22H21N5O2. The fourth-order valence-electron chi connectivity index (χ4n) is 3.13. The van der Waals surface area contributed by atoms with Crippen LogP contribution in [0.2, 0.25) is 0 Å². The largest absolute Gasteiger partial charge is 0.283 e. The molecule has 146 valence electrons. The summed E-state index contributed by atoms with van der Waals surface area (Å²) in [7, 11) is 0. The van der Waals surface area contributed by atoms with Gasteiger partial charge in [-0.25, -0.2) is 14.3 Å². The first-order chi connectivity index (χ1) is 14.0. The number of carbonyl (C=O) groups excluding carboxylic acids is 1. The number of amides is 1. The van der Waals surface area contributed by atoms with E-state index in [-0.39, 0.29) is 17.9 Å². The average molecular weight is 387 g/mol. The highest BCUT2D eigenvalue weighted by atomic mass is 16.2. The predicted molar refractivity (Wildman–Crippen MR) is 112 cm³/mol. The van der Waals surface area contributed by atoms with Crippen LogP contribution < -0.4 is 11.0 Å². The molecule has 0 spiro atoms. The summed E-state index contributed by atoms with van der Waals surface area (Å²) in [6.45, 7) is 4.06. The molecule has 0 aliphatic heterocycles. The van der Waals surface area contributed by atoms with E-state index in [1.165, 1.54) is 18.1 Å². The molecule has 2 aromatic carbocycles. The number of nitrogens with one attached hydrogen (secondary N) is 1. The van der Waals surface area contributed by atoms with E-state index in [1.54, 1.807) is 4.68 Å². The average Bonchev–Trinajstić information content (AvgIpc) is 3.16. The number of hydrogen-bond donors (Lipinski definition) is 1. The Hall–Kier alpha value is -3.74. The Bertz CT molecular complexity index is 1240. The van der Waals surface area contributed by atoms with Gasteiger partial charge in [0.1, 0.15) is 11.7 Å². The number of fused-ring (bicyclic) bond motifs is 1. The maximum atomic E-state index is 12.8. The maximum Gasteiger partial charge on any atom is 0.283 e. The Balaban J connectivity index is 1.56. The molecule has 7 heteroatoms. The normalized spacial score (nSPS) is 11.0. The SMILES string of the molecule is Cc1ccc(-n2ncc3c(=O)n(NC(=O)CCc4ccccc4)cnc32)cc1C. The van der Waals surface area contributed by atoms with Gasteiger partial charge in [0.15, 0.2) is 5.65 Å². The van der Waals surface area contributed by atoms with Crippen molar-refractivity contribution >= 4 is 16.9 Å². The molecule has 7 nitrogen and oxygen atoms in total. The number of benzene rings is 2. The summed E-state index contributed by atoms with van der Waals surface area (Å²) < 4.78 is 2.74. The summed E-state index contributed by atoms with van der Waals surface area (Å²) in [5, 5.41) is 4.66. The van der Waals surface area contributed by atoms with Crippen molar-refractivity contribution in [2.75, 3.05) is 5.43 Å². The second-order valence-corrected chi connectivity index (χ2v) is 7.00. The molecule has 0 aliphatic rings. The van der Waals surface area contributed by atoms with Crippen LogP contribution in [0.1, 0.15) is 23.1 Å². The first-order valence-corrected chi connectivity index (χ1v) is 9.40. The number of aromatic nitrogens is 4. The molecule has 2 aromatic heterocycles. The second kappa shape index (κ2) is 7.71. The van der Waals surface area contributed by atoms with E-state index in [1.807, 2.05) is 62.4 Å². The van der Waals surface area contributed by atoms with Crippen molar-refractivity contribution in [1.29, 1.82) is 0 Å². The molecule has 2 heterocycles. The van der Waals surface area contributed by atoms with Crippen LogP contribution in [0.5, 0.6) is 0 Å². The fourth-order valence-corrected chi connectivity index (χ4v) is 3.13. The Kier molecular flexibility index (Phi) is 4.95. The van der Waals surface area contributed by atoms with Crippen LogP contribution in [-0.2, 0) is 11.2 Å². The van der Waals surface area contributed by atoms with Crippen molar-refractivity contribution in [1.82, 2.24) is 19.4 Å². The molecule has 4 rings (SSSR count). The number of aryl methyl sites for hydroxylation is 3. The van der Waals surface area contributed by atoms with Gasteiger partial charge in [-0.2, -0.15) is 5.10 Å². The van der Waals surface area contributed by atoms with Gasteiger partial charge in [-0.1, -0.05) is 36.4 Å². The Morgan fingerprint density at radius 1 is 1.07 bits per heavy atom. The summed E-state index contributed by atoms with van der Waals surface area (Å²) in [5.74, 6) is -0.251. The molecule has 1 N–H and O–H groups in total. The van der Waals surface area contributed by atoms with E-state index in [0.717, 1.165) is 21.5 Å². The van der Waals surface area contributed by atoms with E-state index in [0.29, 0.717) is 17.5 Å². The van der Waals surface area contributed by atoms with Gasteiger partial charge in [0, 0.05) is 6.42 Å². The van der Waals surface area contributed by atoms with E-state index in [2.05, 4.69) is 15.5 Å². The molecule has 4 aromatic rings. The monoisotopic (exact) mass is 387 g/mol. The highest BCUT2D eigenvalue weighted by Crippen LogP contribution is 2.17. The molecule has 1 amide bonds. The maximum absolute atomic E-state index is 12.8. The van der Waals surface area contributed by atoms with Gasteiger partial charge in [-0.05, 0) is 49.1 Å². The summed E-state index contributed by atoms with van der Waals surface area (Å²) in [4.78, 5) is 29.4. The van der Waals surface area contributed by atoms with Crippen LogP contribution in [0.3, 0.4) is 0 Å². The van der Waals surface area contributed by atoms with Crippen molar-refractivity contribution < 1.29 is 4.79 Å². The third-order valence-corrected chi connectivity index (χ3v) is 4.95. The Morgan fingerprint density at radius 2 is 1.86 bits per heavy atom. The fraction of sp³-hybridized carbons (Fsp3) is 0.182. The van der Waals surface area contributed by atoms with Gasteiger partial charge in [0.2, 0.25) is 5.91 Å². The number of carbonyl (C=O) groups is 1. The minimum atomic E-state index is -0.363. The van der Waals surface area contributed by atoms with E-state index >= 15 is 0 Å². The van der Waals surface area contributed by atoms with E-state index in [4.69, 9.17) is 0 Å². The second-order valence-electron chi connectivity index (χ2n) is 7.00. The molecule has 0 saturated carbocycles. The summed E-state index contributed by atoms with van der Waals surface area (Å²) in [5.41, 5.74) is 6.90. The Labute approximate surface area is 167 Å². The van der Waals surface area contributed by atoms with Crippen molar-refractivity contribution in [2.24, 2.45) is 0 Å². The zero-order chi connectivity index (χ0) is 20.4. The molecule has 0 atom stereocenters. The highest BCUT2D eigenvalue weighted by molar-refractivity contribution is 5.84. The Morgan fingerprint density at radius 3 is 2.62 bits per heavy atom. The molecule has 0 fully saturated rings. The van der Waals surface area contributed by atoms with Crippen LogP contribution in [0.15, 0.2) is 65.8 Å². The molecular weight excluding hydrogens is 366 g/mol. The summed E-state index contributed by atoms with van der Waals surface area (Å²) in [6.07, 6.45) is 3.68. The summed E-state index contributed by atoms with van der Waals surface area (Å²) in [6, 6.07) is 15.7. The van der Waals surface area contributed by atoms with Gasteiger partial charge in [0.05, 0.1) is 11.9 Å². The molecule has 0 saturated heterocycles. The quantitative estimate of drug-likeness (QED) is 0.571. The van der Waals surface area contributed by atoms with Crippen LogP contribution in [-0.4, -0.2) is 25.3 Å². The van der Waals surface area contributed by atoms with Crippen LogP contribution in [0.4, 0.5) is 0 Å². The third kappa shape index (κ3) is 3.80. The van der Waals surface area contributed by atoms with Gasteiger partial charge < -0.3 is 0 Å². The van der Waals surface area contributed by atoms with E-state index in [9.17, 15) is 9.59 Å². The minimum absolute atomic E-state index is 0.251. The van der Waals surface area contributed by atoms with Crippen LogP contribution >= 0.6 is 0 Å². The highest BCUT2D eigenvalue weighted by Gasteiger charge is 2.13. The van der Waals surface area contributed by atoms with Crippen LogP contribution in [0.25, 0.3) is 16.7 Å². The van der Waals surface area contributed by atoms with Crippen molar-refractivity contribution in [2.45, 2.75) is 26.7 Å². The van der Waals surface area contributed by atoms with Crippen molar-refractivity contribution in [3.05, 3.63) is 88.1 Å². The lowest BCUT2D eigenvalue weighted by molar-refractivity contribution is -0.117. The van der Waals surface area contributed by atoms with Crippen molar-refractivity contribution in [3.8, 4) is 5.69 Å². The van der Waals surface area contributed by atoms with E-state index < -0.39 is 0 Å². The predicted octanol–water partition coefficient (Wildman–Crippen LogP) is 2.90. The zero-order valence-electron chi connectivity index (χ0n) is 16.3. The lowest BCUT2D eigenvalue weighted by atomic mass is 10.1. The number of hydrogen-bond acceptors (Lipinski definition) is 4. The summed E-state index contributed by atoms with van der Waals surface area (Å²) >= 11 is 0. The van der Waals surface area contributed by atoms with Gasteiger partial charge >= 0.3 is 0 Å². The number of nitrogens with zero attached hydrogens (tertiary/aromatic N) is 4. The standard InChI is InChI=1S/C22H21N5O2/c1-15-8-10-18(12-16(15)2)27-21-19(13-24-27)22(29)26(14-23-21)25-20(28)11-9-17-6-4-3-5-7-17/h3-8,10,12-14H,9,11H2,1-2H3,(H,25,28). The number of rotatable bonds is 5. The van der Waals surface area contributed by atoms with Crippen molar-refractivity contribution in [3.63, 3.8) is 0 Å². The molecule has 0 radical (unpaired) electrons. The first kappa shape index (κ1) is 18.6. The molecule has 0 unspecified atom stereocenters. The van der Waals surface area contributed by atoms with Crippen LogP contribution in [0, 0.1) is 13.8 Å². The lowest BCUT2D eigenvalue weighted by Gasteiger charge is -2.09.